The van der Waals surface area contributed by atoms with Gasteiger partial charge in [0, 0.05) is 26.2 Å². The van der Waals surface area contributed by atoms with E-state index in [0.717, 1.165) is 37.6 Å². The summed E-state index contributed by atoms with van der Waals surface area (Å²) < 4.78 is 7.71. The van der Waals surface area contributed by atoms with Crippen molar-refractivity contribution in [2.75, 3.05) is 36.8 Å². The first-order chi connectivity index (χ1) is 14.0. The summed E-state index contributed by atoms with van der Waals surface area (Å²) in [5, 5.41) is 10.2. The van der Waals surface area contributed by atoms with Crippen LogP contribution in [0.2, 0.25) is 5.02 Å². The summed E-state index contributed by atoms with van der Waals surface area (Å²) in [6, 6.07) is 7.68. The zero-order valence-electron chi connectivity index (χ0n) is 16.8. The number of carbonyl (C=O) groups excluding carboxylic acids is 1. The summed E-state index contributed by atoms with van der Waals surface area (Å²) in [5.41, 5.74) is 0.838. The molecule has 0 bridgehead atoms. The Hall–Kier alpha value is -1.77. The molecule has 7 nitrogen and oxygen atoms in total. The highest BCUT2D eigenvalue weighted by molar-refractivity contribution is 7.99. The number of ether oxygens (including phenoxy) is 1. The molecule has 2 fully saturated rings. The largest absolute Gasteiger partial charge is 0.372 e. The molecule has 2 saturated heterocycles. The van der Waals surface area contributed by atoms with Crippen LogP contribution in [0.3, 0.4) is 0 Å². The lowest BCUT2D eigenvalue weighted by Crippen LogP contribution is -2.48. The number of rotatable bonds is 5. The maximum Gasteiger partial charge on any atom is 0.233 e. The number of nitrogens with zero attached hydrogens (tertiary/aromatic N) is 5. The lowest BCUT2D eigenvalue weighted by molar-refractivity contribution is -0.140. The molecule has 29 heavy (non-hydrogen) atoms. The number of benzene rings is 1. The molecule has 1 amide bonds. The first kappa shape index (κ1) is 20.5. The number of halogens is 1. The zero-order valence-corrected chi connectivity index (χ0v) is 18.3. The van der Waals surface area contributed by atoms with Gasteiger partial charge in [-0.25, -0.2) is 0 Å². The molecule has 156 valence electrons. The molecule has 3 heterocycles. The molecule has 2 unspecified atom stereocenters. The molecule has 0 spiro atoms. The predicted molar refractivity (Wildman–Crippen MR) is 115 cm³/mol. The molecule has 0 radical (unpaired) electrons. The highest BCUT2D eigenvalue weighted by Crippen LogP contribution is 2.32. The minimum absolute atomic E-state index is 0.0567. The van der Waals surface area contributed by atoms with Crippen molar-refractivity contribution in [3.8, 4) is 5.69 Å². The van der Waals surface area contributed by atoms with E-state index < -0.39 is 0 Å². The van der Waals surface area contributed by atoms with Gasteiger partial charge in [-0.05, 0) is 38.8 Å². The van der Waals surface area contributed by atoms with Gasteiger partial charge in [0.1, 0.15) is 0 Å². The van der Waals surface area contributed by atoms with Crippen molar-refractivity contribution >= 4 is 35.2 Å². The monoisotopic (exact) mass is 435 g/mol. The fourth-order valence-corrected chi connectivity index (χ4v) is 4.98. The summed E-state index contributed by atoms with van der Waals surface area (Å²) in [5.74, 6) is 1.19. The lowest BCUT2D eigenvalue weighted by Gasteiger charge is -2.35. The minimum Gasteiger partial charge on any atom is -0.372 e. The van der Waals surface area contributed by atoms with Gasteiger partial charge in [-0.15, -0.1) is 10.2 Å². The Bertz CT molecular complexity index is 860. The van der Waals surface area contributed by atoms with Crippen LogP contribution in [0.4, 0.5) is 5.95 Å². The fraction of sp³-hybridized carbons (Fsp3) is 0.550. The molecule has 4 rings (SSSR count). The van der Waals surface area contributed by atoms with Crippen LogP contribution >= 0.6 is 23.4 Å². The number of hydrogen-bond donors (Lipinski definition) is 0. The predicted octanol–water partition coefficient (Wildman–Crippen LogP) is 3.25. The van der Waals surface area contributed by atoms with Crippen molar-refractivity contribution in [1.82, 2.24) is 19.7 Å². The highest BCUT2D eigenvalue weighted by Gasteiger charge is 2.27. The fourth-order valence-electron chi connectivity index (χ4n) is 3.92. The van der Waals surface area contributed by atoms with E-state index in [2.05, 4.69) is 15.1 Å². The van der Waals surface area contributed by atoms with Gasteiger partial charge >= 0.3 is 0 Å². The molecule has 0 aliphatic carbocycles. The summed E-state index contributed by atoms with van der Waals surface area (Å²) in [7, 11) is 0. The summed E-state index contributed by atoms with van der Waals surface area (Å²) >= 11 is 7.90. The Morgan fingerprint density at radius 3 is 2.55 bits per heavy atom. The number of anilines is 1. The van der Waals surface area contributed by atoms with Gasteiger partial charge in [-0.1, -0.05) is 35.5 Å². The maximum atomic E-state index is 12.8. The molecule has 2 aliphatic heterocycles. The SMILES string of the molecule is CC1CN(C(=O)CSc2nnc(N3CCCC3)n2-c2ccccc2Cl)CC(C)O1. The Morgan fingerprint density at radius 2 is 1.86 bits per heavy atom. The van der Waals surface area contributed by atoms with Crippen LogP contribution in [0, 0.1) is 0 Å². The molecule has 0 saturated carbocycles. The Morgan fingerprint density at radius 1 is 1.17 bits per heavy atom. The summed E-state index contributed by atoms with van der Waals surface area (Å²) in [6.45, 7) is 7.16. The normalized spacial score (nSPS) is 22.3. The standard InChI is InChI=1S/C20H26ClN5O2S/c1-14-11-25(12-15(2)28-14)18(27)13-29-20-23-22-19(24-9-5-6-10-24)26(20)17-8-4-3-7-16(17)21/h3-4,7-8,14-15H,5-6,9-13H2,1-2H3. The third-order valence-corrected chi connectivity index (χ3v) is 6.43. The minimum atomic E-state index is 0.0567. The number of amides is 1. The van der Waals surface area contributed by atoms with E-state index >= 15 is 0 Å². The average Bonchev–Trinajstić information content (AvgIpc) is 3.35. The zero-order chi connectivity index (χ0) is 20.4. The van der Waals surface area contributed by atoms with Gasteiger partial charge in [0.2, 0.25) is 11.9 Å². The molecule has 9 heteroatoms. The summed E-state index contributed by atoms with van der Waals surface area (Å²) in [4.78, 5) is 16.9. The molecule has 1 aromatic carbocycles. The van der Waals surface area contributed by atoms with Crippen molar-refractivity contribution in [1.29, 1.82) is 0 Å². The molecule has 1 aromatic heterocycles. The second kappa shape index (κ2) is 8.93. The van der Waals surface area contributed by atoms with Crippen molar-refractivity contribution in [3.63, 3.8) is 0 Å². The number of hydrogen-bond acceptors (Lipinski definition) is 6. The van der Waals surface area contributed by atoms with Gasteiger partial charge in [0.15, 0.2) is 5.16 Å². The van der Waals surface area contributed by atoms with Crippen LogP contribution in [0.25, 0.3) is 5.69 Å². The molecule has 2 aliphatic rings. The average molecular weight is 436 g/mol. The van der Waals surface area contributed by atoms with Gasteiger partial charge in [0.25, 0.3) is 0 Å². The van der Waals surface area contributed by atoms with E-state index in [0.29, 0.717) is 29.0 Å². The molecule has 0 N–H and O–H groups in total. The molecular formula is C20H26ClN5O2S. The first-order valence-electron chi connectivity index (χ1n) is 10.0. The number of para-hydroxylation sites is 1. The van der Waals surface area contributed by atoms with E-state index in [1.807, 2.05) is 47.6 Å². The second-order valence-corrected chi connectivity index (χ2v) is 8.96. The van der Waals surface area contributed by atoms with Gasteiger partial charge in [0.05, 0.1) is 28.7 Å². The maximum absolute atomic E-state index is 12.8. The van der Waals surface area contributed by atoms with Crippen LogP contribution in [0.15, 0.2) is 29.4 Å². The van der Waals surface area contributed by atoms with Crippen molar-refractivity contribution in [2.45, 2.75) is 44.1 Å². The Balaban J connectivity index is 1.56. The number of thioether (sulfide) groups is 1. The van der Waals surface area contributed by atoms with Crippen LogP contribution < -0.4 is 4.90 Å². The molecule has 2 aromatic rings. The van der Waals surface area contributed by atoms with Gasteiger partial charge in [-0.3, -0.25) is 9.36 Å². The van der Waals surface area contributed by atoms with Crippen molar-refractivity contribution in [2.24, 2.45) is 0 Å². The van der Waals surface area contributed by atoms with E-state index in [4.69, 9.17) is 16.3 Å². The van der Waals surface area contributed by atoms with Crippen LogP contribution in [-0.2, 0) is 9.53 Å². The van der Waals surface area contributed by atoms with Crippen molar-refractivity contribution in [3.05, 3.63) is 29.3 Å². The molecular weight excluding hydrogens is 410 g/mol. The Labute approximate surface area is 180 Å². The summed E-state index contributed by atoms with van der Waals surface area (Å²) in [6.07, 6.45) is 2.40. The number of carbonyl (C=O) groups is 1. The van der Waals surface area contributed by atoms with Gasteiger partial charge < -0.3 is 14.5 Å². The Kier molecular flexibility index (Phi) is 6.32. The van der Waals surface area contributed by atoms with E-state index in [9.17, 15) is 4.79 Å². The second-order valence-electron chi connectivity index (χ2n) is 7.61. The quantitative estimate of drug-likeness (QED) is 0.672. The number of aromatic nitrogens is 3. The van der Waals surface area contributed by atoms with Crippen LogP contribution in [0.5, 0.6) is 0 Å². The molecule has 2 atom stereocenters. The lowest BCUT2D eigenvalue weighted by atomic mass is 10.2. The van der Waals surface area contributed by atoms with Crippen LogP contribution in [-0.4, -0.2) is 69.7 Å². The van der Waals surface area contributed by atoms with E-state index in [1.165, 1.54) is 11.8 Å². The third kappa shape index (κ3) is 4.54. The van der Waals surface area contributed by atoms with Gasteiger partial charge in [-0.2, -0.15) is 0 Å². The topological polar surface area (TPSA) is 63.5 Å². The van der Waals surface area contributed by atoms with Crippen molar-refractivity contribution < 1.29 is 9.53 Å². The highest BCUT2D eigenvalue weighted by atomic mass is 35.5. The first-order valence-corrected chi connectivity index (χ1v) is 11.4. The third-order valence-electron chi connectivity index (χ3n) is 5.20. The smallest absolute Gasteiger partial charge is 0.233 e. The van der Waals surface area contributed by atoms with E-state index in [-0.39, 0.29) is 18.1 Å². The van der Waals surface area contributed by atoms with Crippen LogP contribution in [0.1, 0.15) is 26.7 Å². The number of morpholine rings is 1. The van der Waals surface area contributed by atoms with E-state index in [1.54, 1.807) is 0 Å².